The lowest BCUT2D eigenvalue weighted by Gasteiger charge is -2.05. The number of furan rings is 1. The summed E-state index contributed by atoms with van der Waals surface area (Å²) in [5, 5.41) is 11.7. The standard InChI is InChI=1S/C14H9IN2O2/c15-12-5-1-2-6-13(12)17-14(18)10(9-16)8-11-4-3-7-19-11/h1-8H,(H,17,18). The predicted molar refractivity (Wildman–Crippen MR) is 80.1 cm³/mol. The first-order chi connectivity index (χ1) is 9.20. The van der Waals surface area contributed by atoms with Crippen LogP contribution < -0.4 is 5.32 Å². The Labute approximate surface area is 123 Å². The van der Waals surface area contributed by atoms with Crippen molar-refractivity contribution in [3.8, 4) is 6.07 Å². The first-order valence-electron chi connectivity index (χ1n) is 5.42. The van der Waals surface area contributed by atoms with Crippen molar-refractivity contribution in [2.24, 2.45) is 0 Å². The van der Waals surface area contributed by atoms with Gasteiger partial charge in [0.25, 0.3) is 5.91 Å². The quantitative estimate of drug-likeness (QED) is 0.516. The Hall–Kier alpha value is -2.07. The molecule has 1 heterocycles. The number of para-hydroxylation sites is 1. The third-order valence-electron chi connectivity index (χ3n) is 2.32. The molecule has 0 atom stereocenters. The summed E-state index contributed by atoms with van der Waals surface area (Å²) in [6, 6.07) is 12.6. The van der Waals surface area contributed by atoms with Crippen molar-refractivity contribution in [1.82, 2.24) is 0 Å². The van der Waals surface area contributed by atoms with Crippen LogP contribution in [0.2, 0.25) is 0 Å². The van der Waals surface area contributed by atoms with E-state index in [9.17, 15) is 4.79 Å². The number of hydrogen-bond acceptors (Lipinski definition) is 3. The van der Waals surface area contributed by atoms with Gasteiger partial charge in [-0.1, -0.05) is 12.1 Å². The van der Waals surface area contributed by atoms with Crippen molar-refractivity contribution >= 4 is 40.3 Å². The number of amides is 1. The van der Waals surface area contributed by atoms with Crippen molar-refractivity contribution in [2.75, 3.05) is 5.32 Å². The summed E-state index contributed by atoms with van der Waals surface area (Å²) in [6.07, 6.45) is 2.89. The van der Waals surface area contributed by atoms with Crippen LogP contribution in [0, 0.1) is 14.9 Å². The second-order valence-corrected chi connectivity index (χ2v) is 4.78. The van der Waals surface area contributed by atoms with E-state index in [-0.39, 0.29) is 5.57 Å². The van der Waals surface area contributed by atoms with E-state index >= 15 is 0 Å². The van der Waals surface area contributed by atoms with Crippen LogP contribution in [0.15, 0.2) is 52.7 Å². The van der Waals surface area contributed by atoms with Gasteiger partial charge in [0.05, 0.1) is 12.0 Å². The summed E-state index contributed by atoms with van der Waals surface area (Å²) in [5.74, 6) is 0.0116. The molecule has 0 saturated carbocycles. The Kier molecular flexibility index (Phi) is 4.36. The molecule has 2 rings (SSSR count). The molecule has 5 heteroatoms. The normalized spacial score (nSPS) is 10.8. The fourth-order valence-electron chi connectivity index (χ4n) is 1.42. The largest absolute Gasteiger partial charge is 0.465 e. The van der Waals surface area contributed by atoms with Gasteiger partial charge in [0.1, 0.15) is 17.4 Å². The topological polar surface area (TPSA) is 66.0 Å². The van der Waals surface area contributed by atoms with E-state index < -0.39 is 5.91 Å². The molecule has 0 aliphatic rings. The molecule has 0 saturated heterocycles. The fourth-order valence-corrected chi connectivity index (χ4v) is 1.94. The first kappa shape index (κ1) is 13.4. The number of hydrogen-bond donors (Lipinski definition) is 1. The van der Waals surface area contributed by atoms with Crippen LogP contribution in [-0.2, 0) is 4.79 Å². The van der Waals surface area contributed by atoms with Gasteiger partial charge in [0.15, 0.2) is 0 Å². The number of benzene rings is 1. The minimum absolute atomic E-state index is 0.00500. The zero-order valence-corrected chi connectivity index (χ0v) is 11.9. The van der Waals surface area contributed by atoms with E-state index in [1.165, 1.54) is 12.3 Å². The molecular weight excluding hydrogens is 355 g/mol. The molecule has 0 unspecified atom stereocenters. The van der Waals surface area contributed by atoms with Crippen LogP contribution in [0.4, 0.5) is 5.69 Å². The maximum absolute atomic E-state index is 12.0. The van der Waals surface area contributed by atoms with E-state index in [1.54, 1.807) is 18.2 Å². The third kappa shape index (κ3) is 3.45. The van der Waals surface area contributed by atoms with E-state index in [1.807, 2.05) is 24.3 Å². The van der Waals surface area contributed by atoms with Gasteiger partial charge in [0.2, 0.25) is 0 Å². The lowest BCUT2D eigenvalue weighted by atomic mass is 10.2. The van der Waals surface area contributed by atoms with Gasteiger partial charge in [-0.15, -0.1) is 0 Å². The van der Waals surface area contributed by atoms with Crippen molar-refractivity contribution in [3.05, 3.63) is 57.6 Å². The number of nitriles is 1. The Morgan fingerprint density at radius 1 is 1.32 bits per heavy atom. The molecule has 94 valence electrons. The SMILES string of the molecule is N#CC(=Cc1ccco1)C(=O)Nc1ccccc1I. The van der Waals surface area contributed by atoms with Gasteiger partial charge in [-0.3, -0.25) is 4.79 Å². The predicted octanol–water partition coefficient (Wildman–Crippen LogP) is 3.43. The molecule has 19 heavy (non-hydrogen) atoms. The van der Waals surface area contributed by atoms with Crippen molar-refractivity contribution in [1.29, 1.82) is 5.26 Å². The Balaban J connectivity index is 2.19. The highest BCUT2D eigenvalue weighted by Gasteiger charge is 2.11. The lowest BCUT2D eigenvalue weighted by molar-refractivity contribution is -0.112. The molecule has 2 aromatic rings. The van der Waals surface area contributed by atoms with Crippen molar-refractivity contribution in [2.45, 2.75) is 0 Å². The van der Waals surface area contributed by atoms with Crippen molar-refractivity contribution < 1.29 is 9.21 Å². The molecule has 1 aromatic carbocycles. The summed E-state index contributed by atoms with van der Waals surface area (Å²) in [5.41, 5.74) is 0.670. The summed E-state index contributed by atoms with van der Waals surface area (Å²) >= 11 is 2.12. The smallest absolute Gasteiger partial charge is 0.266 e. The average molecular weight is 364 g/mol. The van der Waals surface area contributed by atoms with Crippen LogP contribution in [0.5, 0.6) is 0 Å². The third-order valence-corrected chi connectivity index (χ3v) is 3.26. The minimum Gasteiger partial charge on any atom is -0.465 e. The first-order valence-corrected chi connectivity index (χ1v) is 6.50. The molecule has 4 nitrogen and oxygen atoms in total. The number of carbonyl (C=O) groups excluding carboxylic acids is 1. The monoisotopic (exact) mass is 364 g/mol. The molecule has 1 amide bonds. The van der Waals surface area contributed by atoms with Gasteiger partial charge in [-0.25, -0.2) is 0 Å². The number of nitrogens with zero attached hydrogens (tertiary/aromatic N) is 1. The maximum atomic E-state index is 12.0. The highest BCUT2D eigenvalue weighted by molar-refractivity contribution is 14.1. The van der Waals surface area contributed by atoms with Gasteiger partial charge in [-0.05, 0) is 46.9 Å². The molecular formula is C14H9IN2O2. The maximum Gasteiger partial charge on any atom is 0.266 e. The van der Waals surface area contributed by atoms with Gasteiger partial charge < -0.3 is 9.73 Å². The lowest BCUT2D eigenvalue weighted by Crippen LogP contribution is -2.14. The molecule has 0 fully saturated rings. The van der Waals surface area contributed by atoms with E-state index in [4.69, 9.17) is 9.68 Å². The summed E-state index contributed by atoms with van der Waals surface area (Å²) in [4.78, 5) is 12.0. The van der Waals surface area contributed by atoms with Gasteiger partial charge in [0, 0.05) is 9.65 Å². The second-order valence-electron chi connectivity index (χ2n) is 3.62. The summed E-state index contributed by atoms with van der Waals surface area (Å²) in [7, 11) is 0. The number of rotatable bonds is 3. The van der Waals surface area contributed by atoms with Crippen molar-refractivity contribution in [3.63, 3.8) is 0 Å². The van der Waals surface area contributed by atoms with Gasteiger partial charge in [-0.2, -0.15) is 5.26 Å². The number of nitrogens with one attached hydrogen (secondary N) is 1. The molecule has 0 spiro atoms. The highest BCUT2D eigenvalue weighted by Crippen LogP contribution is 2.18. The zero-order valence-electron chi connectivity index (χ0n) is 9.76. The fraction of sp³-hybridized carbons (Fsp3) is 0. The van der Waals surface area contributed by atoms with Crippen LogP contribution >= 0.6 is 22.6 Å². The summed E-state index contributed by atoms with van der Waals surface area (Å²) in [6.45, 7) is 0. The number of carbonyl (C=O) groups is 1. The zero-order chi connectivity index (χ0) is 13.7. The molecule has 0 aliphatic heterocycles. The molecule has 1 N–H and O–H groups in total. The molecule has 0 aliphatic carbocycles. The van der Waals surface area contributed by atoms with Gasteiger partial charge >= 0.3 is 0 Å². The Morgan fingerprint density at radius 2 is 2.11 bits per heavy atom. The number of halogens is 1. The van der Waals surface area contributed by atoms with E-state index in [0.29, 0.717) is 11.4 Å². The minimum atomic E-state index is -0.456. The second kappa shape index (κ2) is 6.20. The highest BCUT2D eigenvalue weighted by atomic mass is 127. The van der Waals surface area contributed by atoms with E-state index in [2.05, 4.69) is 27.9 Å². The van der Waals surface area contributed by atoms with Crippen LogP contribution in [0.3, 0.4) is 0 Å². The molecule has 0 radical (unpaired) electrons. The Bertz CT molecular complexity index is 654. The van der Waals surface area contributed by atoms with E-state index in [0.717, 1.165) is 3.57 Å². The molecule has 0 bridgehead atoms. The summed E-state index contributed by atoms with van der Waals surface area (Å²) < 4.78 is 5.99. The average Bonchev–Trinajstić information content (AvgIpc) is 2.91. The molecule has 1 aromatic heterocycles. The van der Waals surface area contributed by atoms with Crippen LogP contribution in [0.25, 0.3) is 6.08 Å². The Morgan fingerprint density at radius 3 is 2.74 bits per heavy atom. The van der Waals surface area contributed by atoms with Crippen LogP contribution in [0.1, 0.15) is 5.76 Å². The van der Waals surface area contributed by atoms with Crippen LogP contribution in [-0.4, -0.2) is 5.91 Å². The number of anilines is 1.